The number of amides is 1. The van der Waals surface area contributed by atoms with Crippen LogP contribution in [0.5, 0.6) is 0 Å². The van der Waals surface area contributed by atoms with Crippen molar-refractivity contribution in [1.29, 1.82) is 0 Å². The van der Waals surface area contributed by atoms with E-state index in [-0.39, 0.29) is 24.8 Å². The van der Waals surface area contributed by atoms with E-state index in [9.17, 15) is 22.4 Å². The highest BCUT2D eigenvalue weighted by Crippen LogP contribution is 2.29. The van der Waals surface area contributed by atoms with Crippen LogP contribution in [-0.4, -0.2) is 30.1 Å². The fourth-order valence-corrected chi connectivity index (χ4v) is 2.51. The van der Waals surface area contributed by atoms with Crippen molar-refractivity contribution in [1.82, 2.24) is 4.90 Å². The molecule has 6 heteroatoms. The van der Waals surface area contributed by atoms with Crippen LogP contribution >= 0.6 is 0 Å². The minimum absolute atomic E-state index is 0.0317. The van der Waals surface area contributed by atoms with Crippen molar-refractivity contribution >= 4 is 5.91 Å². The summed E-state index contributed by atoms with van der Waals surface area (Å²) in [5, 5.41) is 0. The first-order valence-corrected chi connectivity index (χ1v) is 6.49. The molecule has 1 saturated heterocycles. The summed E-state index contributed by atoms with van der Waals surface area (Å²) in [5.41, 5.74) is 0.772. The molecule has 0 spiro atoms. The summed E-state index contributed by atoms with van der Waals surface area (Å²) in [6.45, 7) is 0.153. The summed E-state index contributed by atoms with van der Waals surface area (Å²) in [6, 6.07) is 5.72. The molecule has 0 aliphatic carbocycles. The molecule has 1 fully saturated rings. The average Bonchev–Trinajstić information content (AvgIpc) is 2.63. The number of carbonyl (C=O) groups is 1. The van der Waals surface area contributed by atoms with E-state index in [4.69, 9.17) is 0 Å². The van der Waals surface area contributed by atoms with Gasteiger partial charge in [-0.05, 0) is 30.5 Å². The van der Waals surface area contributed by atoms with Crippen LogP contribution in [0.25, 0.3) is 0 Å². The zero-order valence-electron chi connectivity index (χ0n) is 10.8. The number of carbonyl (C=O) groups excluding carboxylic acids is 1. The molecule has 1 amide bonds. The van der Waals surface area contributed by atoms with Crippen molar-refractivity contribution in [3.63, 3.8) is 0 Å². The normalized spacial score (nSPS) is 20.6. The third-order valence-corrected chi connectivity index (χ3v) is 3.54. The third-order valence-electron chi connectivity index (χ3n) is 3.54. The maximum Gasteiger partial charge on any atom is 0.471 e. The number of likely N-dealkylation sites (tertiary alicyclic amines) is 1. The molecular formula is C14H15F4NO. The highest BCUT2D eigenvalue weighted by atomic mass is 19.4. The summed E-state index contributed by atoms with van der Waals surface area (Å²) in [7, 11) is 0. The quantitative estimate of drug-likeness (QED) is 0.725. The zero-order valence-corrected chi connectivity index (χ0v) is 10.8. The number of benzene rings is 1. The minimum Gasteiger partial charge on any atom is -0.334 e. The van der Waals surface area contributed by atoms with Gasteiger partial charge in [0.1, 0.15) is 5.82 Å². The highest BCUT2D eigenvalue weighted by Gasteiger charge is 2.43. The van der Waals surface area contributed by atoms with Gasteiger partial charge < -0.3 is 4.90 Å². The van der Waals surface area contributed by atoms with E-state index in [1.54, 1.807) is 12.1 Å². The molecule has 110 valence electrons. The molecule has 2 nitrogen and oxygen atoms in total. The SMILES string of the molecule is O=C(N1CCCCC(c2ccc(F)cc2)C1)C(F)(F)F. The van der Waals surface area contributed by atoms with Gasteiger partial charge in [0.25, 0.3) is 0 Å². The topological polar surface area (TPSA) is 20.3 Å². The van der Waals surface area contributed by atoms with Gasteiger partial charge in [0.15, 0.2) is 0 Å². The molecule has 1 aromatic carbocycles. The van der Waals surface area contributed by atoms with Crippen molar-refractivity contribution < 1.29 is 22.4 Å². The molecule has 1 unspecified atom stereocenters. The predicted octanol–water partition coefficient (Wildman–Crippen LogP) is 3.48. The standard InChI is InChI=1S/C14H15F4NO/c15-12-6-4-10(5-7-12)11-3-1-2-8-19(9-11)13(20)14(16,17)18/h4-7,11H,1-3,8-9H2. The fraction of sp³-hybridized carbons (Fsp3) is 0.500. The summed E-state index contributed by atoms with van der Waals surface area (Å²) in [6.07, 6.45) is -2.83. The highest BCUT2D eigenvalue weighted by molar-refractivity contribution is 5.81. The van der Waals surface area contributed by atoms with Crippen molar-refractivity contribution in [2.45, 2.75) is 31.4 Å². The Bertz CT molecular complexity index is 469. The predicted molar refractivity (Wildman–Crippen MR) is 65.6 cm³/mol. The van der Waals surface area contributed by atoms with Gasteiger partial charge in [-0.1, -0.05) is 18.6 Å². The maximum absolute atomic E-state index is 12.9. The molecule has 1 aliphatic heterocycles. The Morgan fingerprint density at radius 1 is 1.15 bits per heavy atom. The van der Waals surface area contributed by atoms with Gasteiger partial charge in [0.2, 0.25) is 0 Å². The summed E-state index contributed by atoms with van der Waals surface area (Å²) in [4.78, 5) is 12.2. The second-order valence-electron chi connectivity index (χ2n) is 4.99. The van der Waals surface area contributed by atoms with Gasteiger partial charge in [-0.2, -0.15) is 13.2 Å². The Morgan fingerprint density at radius 2 is 1.80 bits per heavy atom. The van der Waals surface area contributed by atoms with Crippen molar-refractivity contribution in [2.75, 3.05) is 13.1 Å². The van der Waals surface area contributed by atoms with Crippen LogP contribution in [0.4, 0.5) is 17.6 Å². The van der Waals surface area contributed by atoms with Crippen LogP contribution < -0.4 is 0 Å². The van der Waals surface area contributed by atoms with E-state index in [0.717, 1.165) is 16.9 Å². The molecular weight excluding hydrogens is 274 g/mol. The van der Waals surface area contributed by atoms with Crippen LogP contribution in [0, 0.1) is 5.82 Å². The average molecular weight is 289 g/mol. The van der Waals surface area contributed by atoms with E-state index >= 15 is 0 Å². The largest absolute Gasteiger partial charge is 0.471 e. The van der Waals surface area contributed by atoms with Gasteiger partial charge in [-0.3, -0.25) is 4.79 Å². The molecule has 0 saturated carbocycles. The molecule has 1 aliphatic rings. The van der Waals surface area contributed by atoms with Crippen LogP contribution in [0.15, 0.2) is 24.3 Å². The first-order chi connectivity index (χ1) is 9.38. The van der Waals surface area contributed by atoms with E-state index in [1.165, 1.54) is 12.1 Å². The second kappa shape index (κ2) is 5.81. The van der Waals surface area contributed by atoms with Gasteiger partial charge in [-0.25, -0.2) is 4.39 Å². The van der Waals surface area contributed by atoms with E-state index in [1.807, 2.05) is 0 Å². The Kier molecular flexibility index (Phi) is 4.30. The van der Waals surface area contributed by atoms with Crippen LogP contribution in [0.2, 0.25) is 0 Å². The Labute approximate surface area is 114 Å². The summed E-state index contributed by atoms with van der Waals surface area (Å²) >= 11 is 0. The van der Waals surface area contributed by atoms with Gasteiger partial charge in [-0.15, -0.1) is 0 Å². The number of halogens is 4. The fourth-order valence-electron chi connectivity index (χ4n) is 2.51. The lowest BCUT2D eigenvalue weighted by Crippen LogP contribution is -2.42. The minimum atomic E-state index is -4.84. The third kappa shape index (κ3) is 3.49. The van der Waals surface area contributed by atoms with Crippen LogP contribution in [-0.2, 0) is 4.79 Å². The number of alkyl halides is 3. The molecule has 0 radical (unpaired) electrons. The Balaban J connectivity index is 2.15. The molecule has 1 atom stereocenters. The molecule has 1 heterocycles. The summed E-state index contributed by atoms with van der Waals surface area (Å²) in [5.74, 6) is -2.35. The lowest BCUT2D eigenvalue weighted by Gasteiger charge is -2.25. The smallest absolute Gasteiger partial charge is 0.334 e. The zero-order chi connectivity index (χ0) is 14.8. The number of nitrogens with zero attached hydrogens (tertiary/aromatic N) is 1. The molecule has 0 bridgehead atoms. The summed E-state index contributed by atoms with van der Waals surface area (Å²) < 4.78 is 50.4. The number of hydrogen-bond acceptors (Lipinski definition) is 1. The van der Waals surface area contributed by atoms with E-state index < -0.39 is 12.1 Å². The lowest BCUT2D eigenvalue weighted by molar-refractivity contribution is -0.185. The van der Waals surface area contributed by atoms with Gasteiger partial charge in [0.05, 0.1) is 0 Å². The first-order valence-electron chi connectivity index (χ1n) is 6.49. The van der Waals surface area contributed by atoms with Crippen molar-refractivity contribution in [3.05, 3.63) is 35.6 Å². The maximum atomic E-state index is 12.9. The van der Waals surface area contributed by atoms with Crippen molar-refractivity contribution in [3.8, 4) is 0 Å². The Morgan fingerprint density at radius 3 is 2.40 bits per heavy atom. The van der Waals surface area contributed by atoms with Crippen LogP contribution in [0.3, 0.4) is 0 Å². The lowest BCUT2D eigenvalue weighted by atomic mass is 9.94. The Hall–Kier alpha value is -1.59. The molecule has 0 aromatic heterocycles. The molecule has 2 rings (SSSR count). The van der Waals surface area contributed by atoms with Gasteiger partial charge >= 0.3 is 12.1 Å². The van der Waals surface area contributed by atoms with E-state index in [0.29, 0.717) is 12.8 Å². The first kappa shape index (κ1) is 14.8. The molecule has 0 N–H and O–H groups in total. The monoisotopic (exact) mass is 289 g/mol. The van der Waals surface area contributed by atoms with Gasteiger partial charge in [0, 0.05) is 19.0 Å². The molecule has 1 aromatic rings. The van der Waals surface area contributed by atoms with Crippen LogP contribution in [0.1, 0.15) is 30.7 Å². The van der Waals surface area contributed by atoms with E-state index in [2.05, 4.69) is 0 Å². The number of rotatable bonds is 1. The second-order valence-corrected chi connectivity index (χ2v) is 4.99. The molecule has 20 heavy (non-hydrogen) atoms. The number of hydrogen-bond donors (Lipinski definition) is 0. The van der Waals surface area contributed by atoms with Crippen molar-refractivity contribution in [2.24, 2.45) is 0 Å².